The minimum absolute atomic E-state index is 0.507. The lowest BCUT2D eigenvalue weighted by atomic mass is 10.2. The third kappa shape index (κ3) is 3.06. The molecule has 1 heterocycles. The van der Waals surface area contributed by atoms with E-state index in [1.807, 2.05) is 12.1 Å². The SMILES string of the molecule is C=CCOc1ncccc1CNC1CC1. The molecule has 2 rings (SSSR count). The highest BCUT2D eigenvalue weighted by Crippen LogP contribution is 2.21. The van der Waals surface area contributed by atoms with Crippen molar-refractivity contribution in [3.8, 4) is 5.88 Å². The lowest BCUT2D eigenvalue weighted by Crippen LogP contribution is -2.16. The summed E-state index contributed by atoms with van der Waals surface area (Å²) in [6, 6.07) is 4.68. The Morgan fingerprint density at radius 2 is 2.47 bits per heavy atom. The van der Waals surface area contributed by atoms with Gasteiger partial charge in [-0.25, -0.2) is 4.98 Å². The minimum Gasteiger partial charge on any atom is -0.473 e. The van der Waals surface area contributed by atoms with Crippen molar-refractivity contribution in [2.45, 2.75) is 25.4 Å². The summed E-state index contributed by atoms with van der Waals surface area (Å²) in [4.78, 5) is 4.20. The number of hydrogen-bond acceptors (Lipinski definition) is 3. The molecule has 0 aromatic carbocycles. The van der Waals surface area contributed by atoms with E-state index >= 15 is 0 Å². The van der Waals surface area contributed by atoms with Crippen molar-refractivity contribution >= 4 is 0 Å². The molecule has 1 fully saturated rings. The summed E-state index contributed by atoms with van der Waals surface area (Å²) in [7, 11) is 0. The van der Waals surface area contributed by atoms with Crippen molar-refractivity contribution in [3.05, 3.63) is 36.5 Å². The van der Waals surface area contributed by atoms with Crippen molar-refractivity contribution in [2.24, 2.45) is 0 Å². The molecule has 0 radical (unpaired) electrons. The van der Waals surface area contributed by atoms with Crippen LogP contribution in [0.15, 0.2) is 31.0 Å². The summed E-state index contributed by atoms with van der Waals surface area (Å²) in [5.74, 6) is 0.713. The van der Waals surface area contributed by atoms with E-state index in [0.29, 0.717) is 18.5 Å². The number of ether oxygens (including phenoxy) is 1. The zero-order valence-corrected chi connectivity index (χ0v) is 8.78. The van der Waals surface area contributed by atoms with Crippen LogP contribution in [0.1, 0.15) is 18.4 Å². The van der Waals surface area contributed by atoms with Crippen LogP contribution in [-0.4, -0.2) is 17.6 Å². The van der Waals surface area contributed by atoms with E-state index in [0.717, 1.165) is 12.1 Å². The number of pyridine rings is 1. The van der Waals surface area contributed by atoms with Crippen LogP contribution in [-0.2, 0) is 6.54 Å². The summed E-state index contributed by atoms with van der Waals surface area (Å²) in [5, 5.41) is 3.44. The molecule has 1 aromatic rings. The summed E-state index contributed by atoms with van der Waals surface area (Å²) < 4.78 is 5.47. The second kappa shape index (κ2) is 4.94. The average molecular weight is 204 g/mol. The monoisotopic (exact) mass is 204 g/mol. The number of hydrogen-bond donors (Lipinski definition) is 1. The maximum Gasteiger partial charge on any atom is 0.218 e. The molecule has 0 spiro atoms. The van der Waals surface area contributed by atoms with E-state index in [2.05, 4.69) is 16.9 Å². The molecule has 1 aliphatic rings. The zero-order valence-electron chi connectivity index (χ0n) is 8.78. The zero-order chi connectivity index (χ0) is 10.5. The minimum atomic E-state index is 0.507. The van der Waals surface area contributed by atoms with E-state index in [1.54, 1.807) is 12.3 Å². The Hall–Kier alpha value is -1.35. The Kier molecular flexibility index (Phi) is 3.35. The lowest BCUT2D eigenvalue weighted by molar-refractivity contribution is 0.343. The van der Waals surface area contributed by atoms with Gasteiger partial charge < -0.3 is 10.1 Å². The van der Waals surface area contributed by atoms with Crippen LogP contribution < -0.4 is 10.1 Å². The van der Waals surface area contributed by atoms with Gasteiger partial charge in [-0.1, -0.05) is 18.7 Å². The smallest absolute Gasteiger partial charge is 0.218 e. The third-order valence-corrected chi connectivity index (χ3v) is 2.35. The second-order valence-electron chi connectivity index (χ2n) is 3.72. The number of nitrogens with zero attached hydrogens (tertiary/aromatic N) is 1. The molecule has 15 heavy (non-hydrogen) atoms. The van der Waals surface area contributed by atoms with Crippen LogP contribution in [0.5, 0.6) is 5.88 Å². The standard InChI is InChI=1S/C12H16N2O/c1-2-8-15-12-10(4-3-7-13-12)9-14-11-5-6-11/h2-4,7,11,14H,1,5-6,8-9H2. The van der Waals surface area contributed by atoms with Crippen LogP contribution in [0.25, 0.3) is 0 Å². The number of rotatable bonds is 6. The van der Waals surface area contributed by atoms with Crippen LogP contribution in [0.2, 0.25) is 0 Å². The fraction of sp³-hybridized carbons (Fsp3) is 0.417. The first kappa shape index (κ1) is 10.2. The summed E-state index contributed by atoms with van der Waals surface area (Å²) in [5.41, 5.74) is 1.12. The highest BCUT2D eigenvalue weighted by Gasteiger charge is 2.20. The van der Waals surface area contributed by atoms with Gasteiger partial charge in [0.05, 0.1) is 0 Å². The van der Waals surface area contributed by atoms with Gasteiger partial charge in [-0.3, -0.25) is 0 Å². The molecule has 0 saturated heterocycles. The largest absolute Gasteiger partial charge is 0.473 e. The molecule has 1 aromatic heterocycles. The highest BCUT2D eigenvalue weighted by atomic mass is 16.5. The van der Waals surface area contributed by atoms with Gasteiger partial charge in [-0.2, -0.15) is 0 Å². The van der Waals surface area contributed by atoms with Crippen molar-refractivity contribution < 1.29 is 4.74 Å². The normalized spacial score (nSPS) is 14.9. The first-order valence-electron chi connectivity index (χ1n) is 5.31. The van der Waals surface area contributed by atoms with E-state index in [4.69, 9.17) is 4.74 Å². The van der Waals surface area contributed by atoms with Crippen molar-refractivity contribution in [2.75, 3.05) is 6.61 Å². The number of aromatic nitrogens is 1. The average Bonchev–Trinajstić information content (AvgIpc) is 3.08. The van der Waals surface area contributed by atoms with E-state index < -0.39 is 0 Å². The van der Waals surface area contributed by atoms with Crippen LogP contribution >= 0.6 is 0 Å². The van der Waals surface area contributed by atoms with Gasteiger partial charge in [0.1, 0.15) is 6.61 Å². The molecule has 3 nitrogen and oxygen atoms in total. The van der Waals surface area contributed by atoms with Gasteiger partial charge in [0.2, 0.25) is 5.88 Å². The van der Waals surface area contributed by atoms with Gasteiger partial charge in [0, 0.05) is 24.3 Å². The molecular formula is C12H16N2O. The van der Waals surface area contributed by atoms with Crippen LogP contribution in [0.3, 0.4) is 0 Å². The van der Waals surface area contributed by atoms with Gasteiger partial charge >= 0.3 is 0 Å². The van der Waals surface area contributed by atoms with Crippen molar-refractivity contribution in [3.63, 3.8) is 0 Å². The first-order valence-corrected chi connectivity index (χ1v) is 5.31. The summed E-state index contributed by atoms with van der Waals surface area (Å²) >= 11 is 0. The maximum absolute atomic E-state index is 5.47. The van der Waals surface area contributed by atoms with Crippen molar-refractivity contribution in [1.29, 1.82) is 0 Å². The van der Waals surface area contributed by atoms with Crippen molar-refractivity contribution in [1.82, 2.24) is 10.3 Å². The molecular weight excluding hydrogens is 188 g/mol. The Labute approximate surface area is 90.2 Å². The Balaban J connectivity index is 1.95. The Bertz CT molecular complexity index is 334. The molecule has 0 aliphatic heterocycles. The predicted octanol–water partition coefficient (Wildman–Crippen LogP) is 1.90. The molecule has 0 unspecified atom stereocenters. The fourth-order valence-corrected chi connectivity index (χ4v) is 1.37. The fourth-order valence-electron chi connectivity index (χ4n) is 1.37. The maximum atomic E-state index is 5.47. The quantitative estimate of drug-likeness (QED) is 0.719. The number of nitrogens with one attached hydrogen (secondary N) is 1. The van der Waals surface area contributed by atoms with Crippen LogP contribution in [0, 0.1) is 0 Å². The molecule has 0 amide bonds. The van der Waals surface area contributed by atoms with E-state index in [-0.39, 0.29) is 0 Å². The second-order valence-corrected chi connectivity index (χ2v) is 3.72. The summed E-state index contributed by atoms with van der Waals surface area (Å²) in [6.45, 7) is 4.97. The van der Waals surface area contributed by atoms with Crippen LogP contribution in [0.4, 0.5) is 0 Å². The summed E-state index contributed by atoms with van der Waals surface area (Å²) in [6.07, 6.45) is 6.07. The van der Waals surface area contributed by atoms with Gasteiger partial charge in [0.25, 0.3) is 0 Å². The van der Waals surface area contributed by atoms with Gasteiger partial charge in [0.15, 0.2) is 0 Å². The highest BCUT2D eigenvalue weighted by molar-refractivity contribution is 5.25. The lowest BCUT2D eigenvalue weighted by Gasteiger charge is -2.08. The van der Waals surface area contributed by atoms with E-state index in [1.165, 1.54) is 12.8 Å². The molecule has 1 aliphatic carbocycles. The third-order valence-electron chi connectivity index (χ3n) is 2.35. The molecule has 0 bridgehead atoms. The van der Waals surface area contributed by atoms with Gasteiger partial charge in [-0.05, 0) is 18.9 Å². The molecule has 1 saturated carbocycles. The molecule has 80 valence electrons. The molecule has 1 N–H and O–H groups in total. The Morgan fingerprint density at radius 1 is 1.60 bits per heavy atom. The Morgan fingerprint density at radius 3 is 3.20 bits per heavy atom. The topological polar surface area (TPSA) is 34.1 Å². The molecule has 3 heteroatoms. The molecule has 0 atom stereocenters. The van der Waals surface area contributed by atoms with E-state index in [9.17, 15) is 0 Å². The van der Waals surface area contributed by atoms with Gasteiger partial charge in [-0.15, -0.1) is 0 Å². The first-order chi connectivity index (χ1) is 7.40. The predicted molar refractivity (Wildman–Crippen MR) is 59.8 cm³/mol.